The van der Waals surface area contributed by atoms with Gasteiger partial charge in [0.25, 0.3) is 12.4 Å². The Bertz CT molecular complexity index is 1450. The molecule has 0 spiro atoms. The van der Waals surface area contributed by atoms with Gasteiger partial charge in [-0.3, -0.25) is 9.59 Å². The van der Waals surface area contributed by atoms with E-state index in [4.69, 9.17) is 9.90 Å². The molecule has 0 fully saturated rings. The van der Waals surface area contributed by atoms with Crippen molar-refractivity contribution >= 4 is 22.4 Å². The fourth-order valence-electron chi connectivity index (χ4n) is 4.65. The Hall–Kier alpha value is -3.71. The topological polar surface area (TPSA) is 136 Å². The number of hydrogen-bond donors (Lipinski definition) is 4. The Morgan fingerprint density at radius 2 is 1.58 bits per heavy atom. The SMILES string of the molecule is CCCCCN(C)S(=O)(=O)c1ccc(C(=O)N[C@@H](Cc2cc(F)cc(F)c2)[C@H](O)CNCc2cccc(CC)c2)cc1.O=CO. The van der Waals surface area contributed by atoms with Gasteiger partial charge >= 0.3 is 0 Å². The van der Waals surface area contributed by atoms with Gasteiger partial charge in [-0.1, -0.05) is 51.0 Å². The van der Waals surface area contributed by atoms with Crippen LogP contribution in [-0.4, -0.2) is 67.6 Å². The molecule has 3 rings (SSSR count). The van der Waals surface area contributed by atoms with E-state index in [1.54, 1.807) is 0 Å². The van der Waals surface area contributed by atoms with E-state index >= 15 is 0 Å². The maximum absolute atomic E-state index is 13.9. The zero-order valence-corrected chi connectivity index (χ0v) is 26.7. The quantitative estimate of drug-likeness (QED) is 0.133. The van der Waals surface area contributed by atoms with Gasteiger partial charge < -0.3 is 20.8 Å². The number of carboxylic acid groups (broad SMARTS) is 1. The van der Waals surface area contributed by atoms with Crippen LogP contribution >= 0.6 is 0 Å². The number of carbonyl (C=O) groups is 2. The molecule has 2 atom stereocenters. The third kappa shape index (κ3) is 12.3. The van der Waals surface area contributed by atoms with Gasteiger partial charge in [0, 0.05) is 38.3 Å². The van der Waals surface area contributed by atoms with Crippen LogP contribution in [0.4, 0.5) is 8.78 Å². The largest absolute Gasteiger partial charge is 0.483 e. The molecule has 246 valence electrons. The fourth-order valence-corrected chi connectivity index (χ4v) is 5.86. The number of amides is 1. The molecule has 4 N–H and O–H groups in total. The van der Waals surface area contributed by atoms with Gasteiger partial charge in [0.15, 0.2) is 0 Å². The zero-order chi connectivity index (χ0) is 33.4. The molecule has 1 amide bonds. The third-order valence-corrected chi connectivity index (χ3v) is 9.01. The van der Waals surface area contributed by atoms with E-state index < -0.39 is 39.7 Å². The summed E-state index contributed by atoms with van der Waals surface area (Å²) in [6.07, 6.45) is 2.44. The van der Waals surface area contributed by atoms with Crippen LogP contribution in [0.15, 0.2) is 71.6 Å². The minimum Gasteiger partial charge on any atom is -0.483 e. The monoisotopic (exact) mass is 647 g/mol. The van der Waals surface area contributed by atoms with Gasteiger partial charge in [0.05, 0.1) is 17.0 Å². The zero-order valence-electron chi connectivity index (χ0n) is 25.9. The number of unbranched alkanes of at least 4 members (excludes halogenated alkanes) is 2. The summed E-state index contributed by atoms with van der Waals surface area (Å²) in [6.45, 7) is 4.86. The average Bonchev–Trinajstić information content (AvgIpc) is 3.00. The molecule has 0 aliphatic rings. The second-order valence-corrected chi connectivity index (χ2v) is 12.6. The smallest absolute Gasteiger partial charge is 0.290 e. The van der Waals surface area contributed by atoms with Crippen LogP contribution in [0.3, 0.4) is 0 Å². The maximum Gasteiger partial charge on any atom is 0.290 e. The number of carbonyl (C=O) groups excluding carboxylic acids is 1. The Morgan fingerprint density at radius 1 is 0.956 bits per heavy atom. The number of rotatable bonds is 16. The van der Waals surface area contributed by atoms with Crippen molar-refractivity contribution in [1.82, 2.24) is 14.9 Å². The summed E-state index contributed by atoms with van der Waals surface area (Å²) < 4.78 is 54.9. The Morgan fingerprint density at radius 3 is 2.18 bits per heavy atom. The van der Waals surface area contributed by atoms with Gasteiger partial charge in [0.2, 0.25) is 10.0 Å². The molecule has 0 saturated carbocycles. The van der Waals surface area contributed by atoms with E-state index in [1.165, 1.54) is 41.2 Å². The number of nitrogens with zero attached hydrogens (tertiary/aromatic N) is 1. The van der Waals surface area contributed by atoms with Gasteiger partial charge in [0.1, 0.15) is 11.6 Å². The number of aliphatic hydroxyl groups excluding tert-OH is 1. The second kappa shape index (κ2) is 18.9. The average molecular weight is 648 g/mol. The maximum atomic E-state index is 13.9. The van der Waals surface area contributed by atoms with E-state index in [2.05, 4.69) is 23.6 Å². The van der Waals surface area contributed by atoms with Gasteiger partial charge in [-0.05, 0) is 72.4 Å². The van der Waals surface area contributed by atoms with E-state index in [-0.39, 0.29) is 35.5 Å². The molecule has 3 aromatic rings. The lowest BCUT2D eigenvalue weighted by atomic mass is 10.00. The van der Waals surface area contributed by atoms with E-state index in [0.717, 1.165) is 49.4 Å². The van der Waals surface area contributed by atoms with Crippen LogP contribution in [0.25, 0.3) is 0 Å². The van der Waals surface area contributed by atoms with Crippen molar-refractivity contribution in [2.75, 3.05) is 20.1 Å². The Kier molecular flexibility index (Phi) is 15.8. The van der Waals surface area contributed by atoms with Crippen LogP contribution < -0.4 is 10.6 Å². The van der Waals surface area contributed by atoms with Crippen molar-refractivity contribution in [3.8, 4) is 0 Å². The van der Waals surface area contributed by atoms with Crippen LogP contribution in [-0.2, 0) is 34.2 Å². The first-order valence-electron chi connectivity index (χ1n) is 14.8. The van der Waals surface area contributed by atoms with Crippen LogP contribution in [0.1, 0.15) is 60.2 Å². The molecule has 9 nitrogen and oxygen atoms in total. The normalized spacial score (nSPS) is 12.6. The van der Waals surface area contributed by atoms with Crippen LogP contribution in [0.2, 0.25) is 0 Å². The molecule has 0 aliphatic carbocycles. The fraction of sp³-hybridized carbons (Fsp3) is 0.394. The van der Waals surface area contributed by atoms with Crippen molar-refractivity contribution in [1.29, 1.82) is 0 Å². The molecule has 3 aromatic carbocycles. The van der Waals surface area contributed by atoms with E-state index in [9.17, 15) is 27.1 Å². The number of aryl methyl sites for hydroxylation is 1. The number of nitrogens with one attached hydrogen (secondary N) is 2. The molecule has 0 aromatic heterocycles. The molecule has 0 saturated heterocycles. The number of sulfonamides is 1. The lowest BCUT2D eigenvalue weighted by Crippen LogP contribution is -2.48. The van der Waals surface area contributed by atoms with Crippen molar-refractivity contribution < 1.29 is 37.0 Å². The lowest BCUT2D eigenvalue weighted by molar-refractivity contribution is -0.122. The number of hydrogen-bond acceptors (Lipinski definition) is 6. The van der Waals surface area contributed by atoms with Crippen molar-refractivity contribution in [2.24, 2.45) is 0 Å². The molecule has 12 heteroatoms. The second-order valence-electron chi connectivity index (χ2n) is 10.6. The number of benzene rings is 3. The highest BCUT2D eigenvalue weighted by atomic mass is 32.2. The number of aliphatic hydroxyl groups is 1. The highest BCUT2D eigenvalue weighted by molar-refractivity contribution is 7.89. The predicted molar refractivity (Wildman–Crippen MR) is 169 cm³/mol. The summed E-state index contributed by atoms with van der Waals surface area (Å²) in [5.74, 6) is -2.06. The summed E-state index contributed by atoms with van der Waals surface area (Å²) >= 11 is 0. The molecule has 0 unspecified atom stereocenters. The standard InChI is InChI=1S/C32H41F2N3O4S.CH2O2/c1-4-6-7-15-37(3)42(40,41)29-13-11-26(12-14-29)32(39)36-30(19-25-17-27(33)20-28(34)18-25)31(38)22-35-21-24-10-8-9-23(5-2)16-24;2-1-3/h8-14,16-18,20,30-31,35,38H,4-7,15,19,21-22H2,1-3H3,(H,36,39);1H,(H,2,3)/t30-,31+;/m0./s1. The van der Waals surface area contributed by atoms with E-state index in [0.29, 0.717) is 13.1 Å². The summed E-state index contributed by atoms with van der Waals surface area (Å²) in [7, 11) is -2.17. The molecule has 45 heavy (non-hydrogen) atoms. The lowest BCUT2D eigenvalue weighted by Gasteiger charge is -2.25. The summed E-state index contributed by atoms with van der Waals surface area (Å²) in [5, 5.41) is 23.9. The summed E-state index contributed by atoms with van der Waals surface area (Å²) in [4.78, 5) is 21.6. The van der Waals surface area contributed by atoms with Gasteiger partial charge in [-0.25, -0.2) is 21.5 Å². The molecule has 0 heterocycles. The molecule has 0 bridgehead atoms. The summed E-state index contributed by atoms with van der Waals surface area (Å²) in [5.41, 5.74) is 2.70. The summed E-state index contributed by atoms with van der Waals surface area (Å²) in [6, 6.07) is 15.8. The van der Waals surface area contributed by atoms with Crippen LogP contribution in [0, 0.1) is 11.6 Å². The molecule has 0 aliphatic heterocycles. The molecular weight excluding hydrogens is 604 g/mol. The third-order valence-electron chi connectivity index (χ3n) is 7.14. The highest BCUT2D eigenvalue weighted by Gasteiger charge is 2.24. The van der Waals surface area contributed by atoms with Crippen molar-refractivity contribution in [3.05, 3.63) is 101 Å². The molecule has 0 radical (unpaired) electrons. The first-order chi connectivity index (χ1) is 21.4. The predicted octanol–water partition coefficient (Wildman–Crippen LogP) is 4.53. The van der Waals surface area contributed by atoms with Crippen molar-refractivity contribution in [2.45, 2.75) is 69.5 Å². The van der Waals surface area contributed by atoms with Gasteiger partial charge in [-0.2, -0.15) is 0 Å². The Labute approximate surface area is 264 Å². The highest BCUT2D eigenvalue weighted by Crippen LogP contribution is 2.17. The number of halogens is 2. The minimum absolute atomic E-state index is 0.0242. The van der Waals surface area contributed by atoms with E-state index in [1.807, 2.05) is 25.1 Å². The van der Waals surface area contributed by atoms with Gasteiger partial charge in [-0.15, -0.1) is 0 Å². The van der Waals surface area contributed by atoms with Crippen molar-refractivity contribution in [3.63, 3.8) is 0 Å². The first kappa shape index (κ1) is 37.5. The first-order valence-corrected chi connectivity index (χ1v) is 16.3. The van der Waals surface area contributed by atoms with Crippen LogP contribution in [0.5, 0.6) is 0 Å². The Balaban J connectivity index is 0.00000226. The minimum atomic E-state index is -3.70. The molecular formula is C33H43F2N3O6S.